The van der Waals surface area contributed by atoms with Crippen LogP contribution in [0.2, 0.25) is 0 Å². The Morgan fingerprint density at radius 2 is 1.91 bits per heavy atom. The summed E-state index contributed by atoms with van der Waals surface area (Å²) in [7, 11) is 0. The molecule has 128 valence electrons. The second kappa shape index (κ2) is 5.98. The maximum absolute atomic E-state index is 12.2. The minimum atomic E-state index is -0.225. The van der Waals surface area contributed by atoms with E-state index >= 15 is 0 Å². The van der Waals surface area contributed by atoms with E-state index in [-0.39, 0.29) is 17.1 Å². The Bertz CT molecular complexity index is 730. The Morgan fingerprint density at radius 3 is 2.48 bits per heavy atom. The van der Waals surface area contributed by atoms with Gasteiger partial charge in [0, 0.05) is 6.04 Å². The summed E-state index contributed by atoms with van der Waals surface area (Å²) in [5.74, 6) is 0.509. The van der Waals surface area contributed by atoms with E-state index in [1.807, 2.05) is 20.8 Å². The fourth-order valence-corrected chi connectivity index (χ4v) is 2.43. The van der Waals surface area contributed by atoms with Crippen LogP contribution in [-0.2, 0) is 5.54 Å². The summed E-state index contributed by atoms with van der Waals surface area (Å²) in [4.78, 5) is 19.6. The highest BCUT2D eigenvalue weighted by Crippen LogP contribution is 2.23. The molecule has 2 N–H and O–H groups in total. The van der Waals surface area contributed by atoms with E-state index in [4.69, 9.17) is 0 Å². The molecule has 0 amide bonds. The van der Waals surface area contributed by atoms with Crippen molar-refractivity contribution in [2.75, 3.05) is 5.32 Å². The molecule has 0 spiro atoms. The molecule has 0 radical (unpaired) electrons. The zero-order valence-electron chi connectivity index (χ0n) is 15.3. The molecule has 0 fully saturated rings. The Balaban J connectivity index is 2.27. The molecule has 2 aromatic heterocycles. The molecule has 2 heterocycles. The minimum Gasteiger partial charge on any atom is -0.353 e. The average molecular weight is 319 g/mol. The molecule has 6 nitrogen and oxygen atoms in total. The van der Waals surface area contributed by atoms with Crippen molar-refractivity contribution in [2.45, 2.75) is 72.9 Å². The van der Waals surface area contributed by atoms with Crippen molar-refractivity contribution in [1.29, 1.82) is 0 Å². The molecule has 2 aromatic rings. The molecule has 0 aromatic carbocycles. The average Bonchev–Trinajstić information content (AvgIpc) is 2.79. The lowest BCUT2D eigenvalue weighted by molar-refractivity contribution is 0.356. The number of nitrogens with zero attached hydrogens (tertiary/aromatic N) is 3. The predicted octanol–water partition coefficient (Wildman–Crippen LogP) is 3.50. The Labute approximate surface area is 137 Å². The molecule has 0 bridgehead atoms. The van der Waals surface area contributed by atoms with E-state index < -0.39 is 0 Å². The lowest BCUT2D eigenvalue weighted by Gasteiger charge is -2.22. The summed E-state index contributed by atoms with van der Waals surface area (Å²) in [6, 6.07) is 0.237. The summed E-state index contributed by atoms with van der Waals surface area (Å²) in [5.41, 5.74) is 0.534. The van der Waals surface area contributed by atoms with E-state index in [1.165, 1.54) is 0 Å². The monoisotopic (exact) mass is 319 g/mol. The molecule has 23 heavy (non-hydrogen) atoms. The second-order valence-electron chi connectivity index (χ2n) is 8.52. The third-order valence-corrected chi connectivity index (χ3v) is 3.78. The number of hydrogen-bond acceptors (Lipinski definition) is 4. The third kappa shape index (κ3) is 4.33. The number of hydrogen-bond donors (Lipinski definition) is 2. The van der Waals surface area contributed by atoms with Gasteiger partial charge in [0.2, 0.25) is 5.95 Å². The number of aromatic amines is 1. The summed E-state index contributed by atoms with van der Waals surface area (Å²) >= 11 is 0. The van der Waals surface area contributed by atoms with Crippen molar-refractivity contribution < 1.29 is 0 Å². The number of nitrogens with one attached hydrogen (secondary N) is 2. The van der Waals surface area contributed by atoms with Gasteiger partial charge in [-0.2, -0.15) is 10.1 Å². The quantitative estimate of drug-likeness (QED) is 0.904. The van der Waals surface area contributed by atoms with Crippen LogP contribution in [0.4, 0.5) is 5.95 Å². The molecular weight excluding hydrogens is 290 g/mol. The standard InChI is InChI=1S/C17H29N5O/c1-11(8-9-16(2,3)4)19-15-20-13-12(14(23)21-15)10-18-22(13)17(5,6)7/h10-11H,8-9H2,1-7H3,(H2,19,20,21,23). The van der Waals surface area contributed by atoms with Gasteiger partial charge < -0.3 is 5.32 Å². The molecule has 1 atom stereocenters. The minimum absolute atomic E-state index is 0.156. The first-order valence-corrected chi connectivity index (χ1v) is 8.22. The van der Waals surface area contributed by atoms with Crippen LogP contribution in [0, 0.1) is 5.41 Å². The topological polar surface area (TPSA) is 75.6 Å². The van der Waals surface area contributed by atoms with Gasteiger partial charge in [-0.3, -0.25) is 9.78 Å². The van der Waals surface area contributed by atoms with E-state index in [9.17, 15) is 4.79 Å². The van der Waals surface area contributed by atoms with Gasteiger partial charge >= 0.3 is 0 Å². The van der Waals surface area contributed by atoms with Gasteiger partial charge in [-0.15, -0.1) is 0 Å². The van der Waals surface area contributed by atoms with Gasteiger partial charge in [-0.25, -0.2) is 4.68 Å². The number of anilines is 1. The van der Waals surface area contributed by atoms with Crippen molar-refractivity contribution in [3.05, 3.63) is 16.6 Å². The van der Waals surface area contributed by atoms with Crippen molar-refractivity contribution in [1.82, 2.24) is 19.7 Å². The van der Waals surface area contributed by atoms with Crippen LogP contribution in [0.1, 0.15) is 61.3 Å². The molecule has 0 saturated carbocycles. The molecule has 0 saturated heterocycles. The van der Waals surface area contributed by atoms with Gasteiger partial charge in [-0.05, 0) is 46.0 Å². The predicted molar refractivity (Wildman–Crippen MR) is 94.9 cm³/mol. The van der Waals surface area contributed by atoms with Gasteiger partial charge in [-0.1, -0.05) is 20.8 Å². The first-order valence-electron chi connectivity index (χ1n) is 8.22. The van der Waals surface area contributed by atoms with Crippen LogP contribution in [0.5, 0.6) is 0 Å². The fourth-order valence-electron chi connectivity index (χ4n) is 2.43. The number of aromatic nitrogens is 4. The SMILES string of the molecule is CC(CCC(C)(C)C)Nc1nc2c(cnn2C(C)(C)C)c(=O)[nH]1. The number of rotatable bonds is 4. The van der Waals surface area contributed by atoms with Crippen LogP contribution in [-0.4, -0.2) is 25.8 Å². The second-order valence-corrected chi connectivity index (χ2v) is 8.52. The van der Waals surface area contributed by atoms with Gasteiger partial charge in [0.15, 0.2) is 5.65 Å². The highest BCUT2D eigenvalue weighted by molar-refractivity contribution is 5.74. The van der Waals surface area contributed by atoms with Crippen LogP contribution in [0.15, 0.2) is 11.0 Å². The molecular formula is C17H29N5O. The first-order chi connectivity index (χ1) is 10.5. The van der Waals surface area contributed by atoms with E-state index in [2.05, 4.69) is 48.1 Å². The van der Waals surface area contributed by atoms with Crippen LogP contribution >= 0.6 is 0 Å². The Hall–Kier alpha value is -1.85. The van der Waals surface area contributed by atoms with Crippen LogP contribution in [0.25, 0.3) is 11.0 Å². The van der Waals surface area contributed by atoms with Crippen molar-refractivity contribution >= 4 is 17.0 Å². The van der Waals surface area contributed by atoms with Gasteiger partial charge in [0.25, 0.3) is 5.56 Å². The normalized spacial score (nSPS) is 14.2. The first kappa shape index (κ1) is 17.5. The van der Waals surface area contributed by atoms with Crippen molar-refractivity contribution in [2.24, 2.45) is 5.41 Å². The third-order valence-electron chi connectivity index (χ3n) is 3.78. The molecule has 2 rings (SSSR count). The molecule has 0 aliphatic rings. The van der Waals surface area contributed by atoms with Crippen LogP contribution in [0.3, 0.4) is 0 Å². The number of fused-ring (bicyclic) bond motifs is 1. The van der Waals surface area contributed by atoms with Gasteiger partial charge in [0.05, 0.1) is 11.7 Å². The lowest BCUT2D eigenvalue weighted by atomic mass is 9.89. The van der Waals surface area contributed by atoms with Crippen LogP contribution < -0.4 is 10.9 Å². The molecule has 0 aliphatic heterocycles. The summed E-state index contributed by atoms with van der Waals surface area (Å²) < 4.78 is 1.79. The summed E-state index contributed by atoms with van der Waals surface area (Å²) in [6.45, 7) is 14.9. The number of H-pyrrole nitrogens is 1. The highest BCUT2D eigenvalue weighted by atomic mass is 16.1. The van der Waals surface area contributed by atoms with E-state index in [1.54, 1.807) is 10.9 Å². The smallest absolute Gasteiger partial charge is 0.263 e. The maximum Gasteiger partial charge on any atom is 0.263 e. The molecule has 0 aliphatic carbocycles. The van der Waals surface area contributed by atoms with Crippen molar-refractivity contribution in [3.63, 3.8) is 0 Å². The highest BCUT2D eigenvalue weighted by Gasteiger charge is 2.20. The lowest BCUT2D eigenvalue weighted by Crippen LogP contribution is -2.25. The fraction of sp³-hybridized carbons (Fsp3) is 0.706. The Kier molecular flexibility index (Phi) is 4.55. The van der Waals surface area contributed by atoms with Crippen molar-refractivity contribution in [3.8, 4) is 0 Å². The molecule has 6 heteroatoms. The van der Waals surface area contributed by atoms with E-state index in [0.29, 0.717) is 22.4 Å². The zero-order valence-corrected chi connectivity index (χ0v) is 15.3. The summed E-state index contributed by atoms with van der Waals surface area (Å²) in [6.07, 6.45) is 3.70. The zero-order chi connectivity index (χ0) is 17.4. The van der Waals surface area contributed by atoms with E-state index in [0.717, 1.165) is 12.8 Å². The Morgan fingerprint density at radius 1 is 1.26 bits per heavy atom. The largest absolute Gasteiger partial charge is 0.353 e. The maximum atomic E-state index is 12.2. The van der Waals surface area contributed by atoms with Gasteiger partial charge in [0.1, 0.15) is 5.39 Å². The molecule has 1 unspecified atom stereocenters. The summed E-state index contributed by atoms with van der Waals surface area (Å²) in [5, 5.41) is 8.15.